The van der Waals surface area contributed by atoms with Crippen molar-refractivity contribution >= 4 is 34.8 Å². The van der Waals surface area contributed by atoms with Crippen molar-refractivity contribution in [3.8, 4) is 10.6 Å². The maximum absolute atomic E-state index is 12.5. The van der Waals surface area contributed by atoms with Crippen molar-refractivity contribution in [3.63, 3.8) is 0 Å². The third kappa shape index (κ3) is 3.38. The topological polar surface area (TPSA) is 71.1 Å². The van der Waals surface area contributed by atoms with E-state index in [1.165, 1.54) is 11.3 Å². The zero-order valence-electron chi connectivity index (χ0n) is 12.6. The van der Waals surface area contributed by atoms with Gasteiger partial charge < -0.3 is 10.6 Å². The lowest BCUT2D eigenvalue weighted by Gasteiger charge is -2.22. The molecule has 1 atom stereocenters. The van der Waals surface area contributed by atoms with E-state index in [4.69, 9.17) is 11.6 Å². The third-order valence-electron chi connectivity index (χ3n) is 3.70. The van der Waals surface area contributed by atoms with Crippen LogP contribution in [0.3, 0.4) is 0 Å². The predicted octanol–water partition coefficient (Wildman–Crippen LogP) is 2.78. The van der Waals surface area contributed by atoms with Gasteiger partial charge in [0.05, 0.1) is 10.7 Å². The van der Waals surface area contributed by atoms with E-state index in [0.29, 0.717) is 33.6 Å². The lowest BCUT2D eigenvalue weighted by atomic mass is 10.1. The molecule has 0 radical (unpaired) electrons. The fourth-order valence-electron chi connectivity index (χ4n) is 2.49. The average molecular weight is 350 g/mol. The first kappa shape index (κ1) is 16.0. The molecule has 1 saturated heterocycles. The zero-order valence-corrected chi connectivity index (χ0v) is 14.1. The van der Waals surface area contributed by atoms with Crippen LogP contribution >= 0.6 is 22.9 Å². The van der Waals surface area contributed by atoms with Crippen LogP contribution in [0, 0.1) is 6.92 Å². The number of amides is 2. The molecule has 5 nitrogen and oxygen atoms in total. The van der Waals surface area contributed by atoms with Gasteiger partial charge >= 0.3 is 0 Å². The van der Waals surface area contributed by atoms with E-state index in [9.17, 15) is 9.59 Å². The number of carbonyl (C=O) groups is 2. The fraction of sp³-hybridized carbons (Fsp3) is 0.312. The molecule has 23 heavy (non-hydrogen) atoms. The molecule has 1 aromatic carbocycles. The molecule has 2 heterocycles. The summed E-state index contributed by atoms with van der Waals surface area (Å²) in [6, 6.07) is 6.92. The van der Waals surface area contributed by atoms with Gasteiger partial charge in [-0.15, -0.1) is 11.3 Å². The number of carbonyl (C=O) groups excluding carboxylic acids is 2. The van der Waals surface area contributed by atoms with Crippen LogP contribution in [-0.4, -0.2) is 29.4 Å². The monoisotopic (exact) mass is 349 g/mol. The van der Waals surface area contributed by atoms with Crippen LogP contribution in [0.25, 0.3) is 10.6 Å². The summed E-state index contributed by atoms with van der Waals surface area (Å²) in [5.74, 6) is -0.390. The average Bonchev–Trinajstić information content (AvgIpc) is 2.92. The number of hydrogen-bond acceptors (Lipinski definition) is 4. The van der Waals surface area contributed by atoms with Crippen molar-refractivity contribution in [2.24, 2.45) is 0 Å². The molecule has 1 aliphatic heterocycles. The highest BCUT2D eigenvalue weighted by atomic mass is 35.5. The van der Waals surface area contributed by atoms with Crippen LogP contribution in [0.15, 0.2) is 24.3 Å². The van der Waals surface area contributed by atoms with Gasteiger partial charge in [0.1, 0.15) is 15.9 Å². The van der Waals surface area contributed by atoms with Gasteiger partial charge in [-0.3, -0.25) is 9.59 Å². The van der Waals surface area contributed by atoms with E-state index in [2.05, 4.69) is 15.6 Å². The number of hydrogen-bond donors (Lipinski definition) is 2. The molecule has 0 bridgehead atoms. The summed E-state index contributed by atoms with van der Waals surface area (Å²) in [4.78, 5) is 29.2. The summed E-state index contributed by atoms with van der Waals surface area (Å²) in [6.07, 6.45) is 1.52. The number of aryl methyl sites for hydroxylation is 1. The van der Waals surface area contributed by atoms with Gasteiger partial charge in [-0.05, 0) is 25.8 Å². The van der Waals surface area contributed by atoms with Gasteiger partial charge in [-0.1, -0.05) is 29.8 Å². The second kappa shape index (κ2) is 6.68. The summed E-state index contributed by atoms with van der Waals surface area (Å²) < 4.78 is 0. The molecule has 1 fully saturated rings. The Balaban J connectivity index is 1.82. The minimum absolute atomic E-state index is 0.127. The molecule has 0 spiro atoms. The Hall–Kier alpha value is -1.92. The number of piperidine rings is 1. The summed E-state index contributed by atoms with van der Waals surface area (Å²) in [7, 11) is 0. The molecule has 2 amide bonds. The predicted molar refractivity (Wildman–Crippen MR) is 90.8 cm³/mol. The van der Waals surface area contributed by atoms with Crippen LogP contribution in [-0.2, 0) is 4.79 Å². The van der Waals surface area contributed by atoms with Gasteiger partial charge in [0, 0.05) is 12.1 Å². The van der Waals surface area contributed by atoms with Crippen LogP contribution in [0.4, 0.5) is 0 Å². The Morgan fingerprint density at radius 2 is 2.22 bits per heavy atom. The van der Waals surface area contributed by atoms with E-state index < -0.39 is 6.04 Å². The molecule has 0 unspecified atom stereocenters. The molecular formula is C16H16ClN3O2S. The van der Waals surface area contributed by atoms with Crippen LogP contribution < -0.4 is 10.6 Å². The Labute approximate surface area is 143 Å². The summed E-state index contributed by atoms with van der Waals surface area (Å²) in [6.45, 7) is 2.45. The maximum Gasteiger partial charge on any atom is 0.263 e. The van der Waals surface area contributed by atoms with Crippen LogP contribution in [0.2, 0.25) is 5.02 Å². The first-order chi connectivity index (χ1) is 11.1. The summed E-state index contributed by atoms with van der Waals surface area (Å²) in [5.41, 5.74) is 1.44. The fourth-order valence-corrected chi connectivity index (χ4v) is 3.78. The van der Waals surface area contributed by atoms with Gasteiger partial charge in [-0.2, -0.15) is 0 Å². The van der Waals surface area contributed by atoms with Crippen molar-refractivity contribution in [1.82, 2.24) is 15.6 Å². The summed E-state index contributed by atoms with van der Waals surface area (Å²) in [5, 5.41) is 6.85. The number of thiazole rings is 1. The van der Waals surface area contributed by atoms with Crippen molar-refractivity contribution in [2.75, 3.05) is 6.54 Å². The van der Waals surface area contributed by atoms with Crippen molar-refractivity contribution in [3.05, 3.63) is 39.9 Å². The highest BCUT2D eigenvalue weighted by Crippen LogP contribution is 2.32. The number of nitrogens with zero attached hydrogens (tertiary/aromatic N) is 1. The molecule has 3 rings (SSSR count). The van der Waals surface area contributed by atoms with Gasteiger partial charge in [0.15, 0.2) is 0 Å². The van der Waals surface area contributed by atoms with Gasteiger partial charge in [-0.25, -0.2) is 4.98 Å². The molecule has 2 aromatic rings. The lowest BCUT2D eigenvalue weighted by Crippen LogP contribution is -2.50. The van der Waals surface area contributed by atoms with Gasteiger partial charge in [0.25, 0.3) is 5.91 Å². The number of rotatable bonds is 3. The van der Waals surface area contributed by atoms with Crippen LogP contribution in [0.1, 0.15) is 28.2 Å². The Kier molecular flexibility index (Phi) is 4.63. The highest BCUT2D eigenvalue weighted by molar-refractivity contribution is 7.17. The minimum Gasteiger partial charge on any atom is -0.354 e. The van der Waals surface area contributed by atoms with E-state index in [1.807, 2.05) is 18.2 Å². The van der Waals surface area contributed by atoms with E-state index in [1.54, 1.807) is 13.0 Å². The first-order valence-corrected chi connectivity index (χ1v) is 8.56. The Bertz CT molecular complexity index is 760. The van der Waals surface area contributed by atoms with E-state index >= 15 is 0 Å². The molecular weight excluding hydrogens is 334 g/mol. The second-order valence-corrected chi connectivity index (χ2v) is 6.78. The second-order valence-electron chi connectivity index (χ2n) is 5.37. The maximum atomic E-state index is 12.5. The van der Waals surface area contributed by atoms with E-state index in [-0.39, 0.29) is 11.8 Å². The van der Waals surface area contributed by atoms with Crippen molar-refractivity contribution in [2.45, 2.75) is 25.8 Å². The minimum atomic E-state index is -0.471. The molecule has 2 N–H and O–H groups in total. The summed E-state index contributed by atoms with van der Waals surface area (Å²) >= 11 is 7.47. The van der Waals surface area contributed by atoms with Crippen LogP contribution in [0.5, 0.6) is 0 Å². The number of aromatic nitrogens is 1. The number of nitrogens with one attached hydrogen (secondary N) is 2. The smallest absolute Gasteiger partial charge is 0.263 e. The number of halogens is 1. The normalized spacial score (nSPS) is 17.7. The highest BCUT2D eigenvalue weighted by Gasteiger charge is 2.26. The lowest BCUT2D eigenvalue weighted by molar-refractivity contribution is -0.124. The molecule has 120 valence electrons. The Morgan fingerprint density at radius 3 is 2.96 bits per heavy atom. The standard InChI is InChI=1S/C16H16ClN3O2S/c1-9-13(15(22)20-12-7-4-8-18-14(12)21)23-16(19-9)10-5-2-3-6-11(10)17/h2-3,5-6,12H,4,7-8H2,1H3,(H,18,21)(H,20,22)/t12-/m1/s1. The van der Waals surface area contributed by atoms with Crippen molar-refractivity contribution < 1.29 is 9.59 Å². The zero-order chi connectivity index (χ0) is 16.4. The van der Waals surface area contributed by atoms with E-state index in [0.717, 1.165) is 12.0 Å². The Morgan fingerprint density at radius 1 is 1.43 bits per heavy atom. The first-order valence-electron chi connectivity index (χ1n) is 7.37. The molecule has 1 aromatic heterocycles. The molecule has 7 heteroatoms. The molecule has 0 saturated carbocycles. The van der Waals surface area contributed by atoms with Gasteiger partial charge in [0.2, 0.25) is 5.91 Å². The largest absolute Gasteiger partial charge is 0.354 e. The number of benzene rings is 1. The third-order valence-corrected chi connectivity index (χ3v) is 5.22. The van der Waals surface area contributed by atoms with Crippen molar-refractivity contribution in [1.29, 1.82) is 0 Å². The SMILES string of the molecule is Cc1nc(-c2ccccc2Cl)sc1C(=O)N[C@@H]1CCCNC1=O. The quantitative estimate of drug-likeness (QED) is 0.895. The molecule has 0 aliphatic carbocycles. The molecule has 1 aliphatic rings.